The summed E-state index contributed by atoms with van der Waals surface area (Å²) in [7, 11) is -1.14. The third-order valence-electron chi connectivity index (χ3n) is 4.11. The van der Waals surface area contributed by atoms with Gasteiger partial charge < -0.3 is 10.1 Å². The van der Waals surface area contributed by atoms with Crippen LogP contribution in [-0.2, 0) is 9.84 Å². The van der Waals surface area contributed by atoms with Crippen LogP contribution in [0.15, 0.2) is 18.2 Å². The number of benzene rings is 1. The van der Waals surface area contributed by atoms with Gasteiger partial charge in [0.25, 0.3) is 0 Å². The van der Waals surface area contributed by atoms with Crippen molar-refractivity contribution in [3.05, 3.63) is 29.3 Å². The van der Waals surface area contributed by atoms with Crippen molar-refractivity contribution in [1.82, 2.24) is 5.32 Å². The van der Waals surface area contributed by atoms with Crippen molar-refractivity contribution in [2.45, 2.75) is 32.7 Å². The van der Waals surface area contributed by atoms with Crippen LogP contribution in [0.4, 0.5) is 0 Å². The summed E-state index contributed by atoms with van der Waals surface area (Å²) in [6.45, 7) is 4.98. The Labute approximate surface area is 127 Å². The van der Waals surface area contributed by atoms with E-state index in [-0.39, 0.29) is 12.0 Å². The summed E-state index contributed by atoms with van der Waals surface area (Å²) in [4.78, 5) is 0. The van der Waals surface area contributed by atoms with Gasteiger partial charge in [-0.15, -0.1) is 0 Å². The third-order valence-corrected chi connectivity index (χ3v) is 5.94. The summed E-state index contributed by atoms with van der Waals surface area (Å²) in [5.41, 5.74) is 2.32. The Morgan fingerprint density at radius 1 is 1.43 bits per heavy atom. The molecule has 0 bridgehead atoms. The SMILES string of the molecule is CCNC(CC1CCS(=O)(=O)C1)c1cc(C)ccc1OC. The predicted octanol–water partition coefficient (Wildman–Crippen LogP) is 2.48. The fraction of sp³-hybridized carbons (Fsp3) is 0.625. The smallest absolute Gasteiger partial charge is 0.150 e. The second kappa shape index (κ2) is 6.79. The Kier molecular flexibility index (Phi) is 5.27. The summed E-state index contributed by atoms with van der Waals surface area (Å²) in [6.07, 6.45) is 1.62. The minimum atomic E-state index is -2.82. The topological polar surface area (TPSA) is 55.4 Å². The van der Waals surface area contributed by atoms with Crippen molar-refractivity contribution in [1.29, 1.82) is 0 Å². The lowest BCUT2D eigenvalue weighted by Crippen LogP contribution is -2.24. The summed E-state index contributed by atoms with van der Waals surface area (Å²) in [5, 5.41) is 3.48. The van der Waals surface area contributed by atoms with Gasteiger partial charge in [0, 0.05) is 11.6 Å². The number of sulfone groups is 1. The van der Waals surface area contributed by atoms with Crippen LogP contribution in [0.2, 0.25) is 0 Å². The average Bonchev–Trinajstić information content (AvgIpc) is 2.77. The minimum absolute atomic E-state index is 0.142. The van der Waals surface area contributed by atoms with E-state index in [4.69, 9.17) is 4.74 Å². The van der Waals surface area contributed by atoms with Gasteiger partial charge in [-0.1, -0.05) is 24.6 Å². The fourth-order valence-corrected chi connectivity index (χ4v) is 4.96. The molecule has 118 valence electrons. The molecule has 1 aliphatic rings. The van der Waals surface area contributed by atoms with E-state index in [2.05, 4.69) is 25.2 Å². The van der Waals surface area contributed by atoms with E-state index in [1.807, 2.05) is 12.1 Å². The molecule has 0 saturated carbocycles. The Hall–Kier alpha value is -1.07. The molecule has 1 aromatic carbocycles. The first kappa shape index (κ1) is 16.3. The number of rotatable bonds is 6. The van der Waals surface area contributed by atoms with Gasteiger partial charge in [0.15, 0.2) is 9.84 Å². The Bertz CT molecular complexity index is 583. The molecule has 0 aromatic heterocycles. The Morgan fingerprint density at radius 3 is 2.76 bits per heavy atom. The van der Waals surface area contributed by atoms with Gasteiger partial charge in [-0.3, -0.25) is 0 Å². The molecule has 1 aromatic rings. The van der Waals surface area contributed by atoms with Gasteiger partial charge in [-0.2, -0.15) is 0 Å². The second-order valence-corrected chi connectivity index (χ2v) is 8.09. The summed E-state index contributed by atoms with van der Waals surface area (Å²) in [6, 6.07) is 6.30. The van der Waals surface area contributed by atoms with Crippen LogP contribution >= 0.6 is 0 Å². The van der Waals surface area contributed by atoms with Gasteiger partial charge in [0.05, 0.1) is 18.6 Å². The van der Waals surface area contributed by atoms with Gasteiger partial charge in [-0.25, -0.2) is 8.42 Å². The van der Waals surface area contributed by atoms with Crippen LogP contribution in [0.5, 0.6) is 5.75 Å². The van der Waals surface area contributed by atoms with E-state index in [1.54, 1.807) is 7.11 Å². The number of methoxy groups -OCH3 is 1. The van der Waals surface area contributed by atoms with Gasteiger partial charge in [0.2, 0.25) is 0 Å². The first-order valence-electron chi connectivity index (χ1n) is 7.53. The molecule has 1 saturated heterocycles. The molecule has 0 spiro atoms. The molecule has 1 heterocycles. The molecule has 0 amide bonds. The standard InChI is InChI=1S/C16H25NO3S/c1-4-17-15(10-13-7-8-21(18,19)11-13)14-9-12(2)5-6-16(14)20-3/h5-6,9,13,15,17H,4,7-8,10-11H2,1-3H3. The molecule has 0 aliphatic carbocycles. The monoisotopic (exact) mass is 311 g/mol. The van der Waals surface area contributed by atoms with Crippen LogP contribution in [-0.4, -0.2) is 33.6 Å². The maximum atomic E-state index is 11.6. The average molecular weight is 311 g/mol. The maximum absolute atomic E-state index is 11.6. The minimum Gasteiger partial charge on any atom is -0.496 e. The lowest BCUT2D eigenvalue weighted by molar-refractivity contribution is 0.379. The van der Waals surface area contributed by atoms with E-state index < -0.39 is 9.84 Å². The van der Waals surface area contributed by atoms with Crippen molar-refractivity contribution in [2.75, 3.05) is 25.2 Å². The lowest BCUT2D eigenvalue weighted by Gasteiger charge is -2.23. The number of aryl methyl sites for hydroxylation is 1. The fourth-order valence-electron chi connectivity index (χ4n) is 3.08. The lowest BCUT2D eigenvalue weighted by atomic mass is 9.93. The van der Waals surface area contributed by atoms with E-state index in [1.165, 1.54) is 5.56 Å². The molecule has 2 unspecified atom stereocenters. The zero-order valence-corrected chi connectivity index (χ0v) is 13.9. The van der Waals surface area contributed by atoms with Crippen LogP contribution < -0.4 is 10.1 Å². The van der Waals surface area contributed by atoms with Crippen LogP contribution in [0.3, 0.4) is 0 Å². The Morgan fingerprint density at radius 2 is 2.19 bits per heavy atom. The zero-order chi connectivity index (χ0) is 15.5. The second-order valence-electron chi connectivity index (χ2n) is 5.86. The zero-order valence-electron chi connectivity index (χ0n) is 13.1. The number of ether oxygens (including phenoxy) is 1. The summed E-state index contributed by atoms with van der Waals surface area (Å²) >= 11 is 0. The molecular formula is C16H25NO3S. The molecule has 1 fully saturated rings. The first-order valence-corrected chi connectivity index (χ1v) is 9.35. The van der Waals surface area contributed by atoms with Crippen LogP contribution in [0, 0.1) is 12.8 Å². The number of nitrogens with one attached hydrogen (secondary N) is 1. The molecule has 2 atom stereocenters. The predicted molar refractivity (Wildman–Crippen MR) is 85.5 cm³/mol. The summed E-state index contributed by atoms with van der Waals surface area (Å²) < 4.78 is 28.8. The first-order chi connectivity index (χ1) is 9.95. The quantitative estimate of drug-likeness (QED) is 0.877. The van der Waals surface area contributed by atoms with Gasteiger partial charge >= 0.3 is 0 Å². The summed E-state index contributed by atoms with van der Waals surface area (Å²) in [5.74, 6) is 1.77. The molecule has 1 aliphatic heterocycles. The maximum Gasteiger partial charge on any atom is 0.150 e. The number of hydrogen-bond acceptors (Lipinski definition) is 4. The highest BCUT2D eigenvalue weighted by molar-refractivity contribution is 7.91. The number of hydrogen-bond donors (Lipinski definition) is 1. The third kappa shape index (κ3) is 4.20. The highest BCUT2D eigenvalue weighted by atomic mass is 32.2. The molecule has 4 nitrogen and oxygen atoms in total. The molecule has 0 radical (unpaired) electrons. The van der Waals surface area contributed by atoms with Gasteiger partial charge in [-0.05, 0) is 38.3 Å². The van der Waals surface area contributed by atoms with E-state index >= 15 is 0 Å². The largest absolute Gasteiger partial charge is 0.496 e. The van der Waals surface area contributed by atoms with Crippen molar-refractivity contribution in [3.63, 3.8) is 0 Å². The molecular weight excluding hydrogens is 286 g/mol. The van der Waals surface area contributed by atoms with Crippen molar-refractivity contribution >= 4 is 9.84 Å². The molecule has 1 N–H and O–H groups in total. The van der Waals surface area contributed by atoms with Gasteiger partial charge in [0.1, 0.15) is 5.75 Å². The van der Waals surface area contributed by atoms with Crippen molar-refractivity contribution in [3.8, 4) is 5.75 Å². The normalized spacial score (nSPS) is 22.1. The van der Waals surface area contributed by atoms with E-state index in [0.717, 1.165) is 30.7 Å². The van der Waals surface area contributed by atoms with Crippen molar-refractivity contribution in [2.24, 2.45) is 5.92 Å². The highest BCUT2D eigenvalue weighted by Crippen LogP contribution is 2.33. The van der Waals surface area contributed by atoms with E-state index in [9.17, 15) is 8.42 Å². The Balaban J connectivity index is 2.21. The highest BCUT2D eigenvalue weighted by Gasteiger charge is 2.30. The molecule has 2 rings (SSSR count). The van der Waals surface area contributed by atoms with Crippen LogP contribution in [0.1, 0.15) is 36.9 Å². The molecule has 5 heteroatoms. The molecule has 21 heavy (non-hydrogen) atoms. The van der Waals surface area contributed by atoms with Crippen molar-refractivity contribution < 1.29 is 13.2 Å². The van der Waals surface area contributed by atoms with E-state index in [0.29, 0.717) is 11.5 Å². The van der Waals surface area contributed by atoms with Crippen LogP contribution in [0.25, 0.3) is 0 Å².